The molecule has 10 heteroatoms. The highest BCUT2D eigenvalue weighted by Crippen LogP contribution is 2.44. The van der Waals surface area contributed by atoms with Crippen LogP contribution in [0.4, 0.5) is 4.79 Å². The number of imide groups is 1. The number of ether oxygens (including phenoxy) is 4. The van der Waals surface area contributed by atoms with Gasteiger partial charge in [0.1, 0.15) is 29.5 Å². The second-order valence-electron chi connectivity index (χ2n) is 10.9. The Kier molecular flexibility index (Phi) is 10.6. The molecule has 8 nitrogen and oxygen atoms in total. The van der Waals surface area contributed by atoms with Crippen LogP contribution < -0.4 is 19.5 Å². The number of amides is 2. The predicted molar refractivity (Wildman–Crippen MR) is 167 cm³/mol. The SMILES string of the molecule is CCOC(=O)CCCCCOc1c(C)c(C)c2c(c1C)CC[C@@](C)(COc1ccc(/C=C3/SC(=O)NC3=O)cc1Br)O2. The number of nitrogens with one attached hydrogen (secondary N) is 1. The van der Waals surface area contributed by atoms with Crippen LogP contribution in [0.15, 0.2) is 27.6 Å². The maximum atomic E-state index is 11.9. The van der Waals surface area contributed by atoms with Gasteiger partial charge in [-0.15, -0.1) is 0 Å². The molecule has 1 N–H and O–H groups in total. The molecule has 0 radical (unpaired) electrons. The summed E-state index contributed by atoms with van der Waals surface area (Å²) in [6.07, 6.45) is 6.37. The molecule has 0 aromatic heterocycles. The van der Waals surface area contributed by atoms with Crippen LogP contribution in [-0.2, 0) is 20.7 Å². The number of esters is 1. The summed E-state index contributed by atoms with van der Waals surface area (Å²) in [5.41, 5.74) is 4.71. The Morgan fingerprint density at radius 1 is 1.12 bits per heavy atom. The van der Waals surface area contributed by atoms with Crippen molar-refractivity contribution in [3.8, 4) is 17.2 Å². The molecule has 0 unspecified atom stereocenters. The maximum Gasteiger partial charge on any atom is 0.305 e. The minimum absolute atomic E-state index is 0.138. The zero-order valence-corrected chi connectivity index (χ0v) is 27.2. The van der Waals surface area contributed by atoms with Crippen LogP contribution in [0.25, 0.3) is 6.08 Å². The van der Waals surface area contributed by atoms with Gasteiger partial charge >= 0.3 is 5.97 Å². The number of hydrogen-bond donors (Lipinski definition) is 1. The molecule has 1 atom stereocenters. The number of thioether (sulfide) groups is 1. The summed E-state index contributed by atoms with van der Waals surface area (Å²) in [7, 11) is 0. The third-order valence-electron chi connectivity index (χ3n) is 7.57. The molecule has 2 aliphatic rings. The van der Waals surface area contributed by atoms with E-state index < -0.39 is 5.60 Å². The molecular formula is C32H38BrNO7S. The van der Waals surface area contributed by atoms with E-state index in [0.717, 1.165) is 82.1 Å². The minimum atomic E-state index is -0.517. The lowest BCUT2D eigenvalue weighted by Gasteiger charge is -2.38. The number of carbonyl (C=O) groups is 3. The van der Waals surface area contributed by atoms with E-state index in [1.54, 1.807) is 6.08 Å². The molecule has 1 saturated heterocycles. The Hall–Kier alpha value is -2.98. The Bertz CT molecular complexity index is 1410. The molecule has 4 rings (SSSR count). The Morgan fingerprint density at radius 2 is 1.90 bits per heavy atom. The van der Waals surface area contributed by atoms with Crippen LogP contribution in [-0.4, -0.2) is 42.5 Å². The fraction of sp³-hybridized carbons (Fsp3) is 0.469. The first-order valence-electron chi connectivity index (χ1n) is 14.3. The smallest absolute Gasteiger partial charge is 0.305 e. The van der Waals surface area contributed by atoms with Crippen LogP contribution in [0, 0.1) is 20.8 Å². The van der Waals surface area contributed by atoms with E-state index in [1.807, 2.05) is 25.1 Å². The van der Waals surface area contributed by atoms with Gasteiger partial charge in [0.2, 0.25) is 0 Å². The third kappa shape index (κ3) is 7.69. The lowest BCUT2D eigenvalue weighted by atomic mass is 9.87. The highest BCUT2D eigenvalue weighted by atomic mass is 79.9. The normalized spacial score (nSPS) is 18.9. The van der Waals surface area contributed by atoms with Crippen LogP contribution in [0.2, 0.25) is 0 Å². The van der Waals surface area contributed by atoms with E-state index in [-0.39, 0.29) is 17.1 Å². The number of halogens is 1. The highest BCUT2D eigenvalue weighted by molar-refractivity contribution is 9.10. The first-order chi connectivity index (χ1) is 20.0. The standard InChI is InChI=1S/C32H38BrNO7S/c1-6-38-27(35)10-8-7-9-15-39-28-19(2)20(3)29-23(21(28)4)13-14-32(5,41-29)18-40-25-12-11-22(16-24(25)33)17-26-30(36)34-31(37)42-26/h11-12,16-17H,6-10,13-15,18H2,1-5H3,(H,34,36,37)/b26-17+/t32-/m0/s1. The molecule has 2 aromatic carbocycles. The van der Waals surface area contributed by atoms with E-state index in [2.05, 4.69) is 48.9 Å². The summed E-state index contributed by atoms with van der Waals surface area (Å²) in [5, 5.41) is 1.90. The number of unbranched alkanes of at least 4 members (excludes halogenated alkanes) is 2. The van der Waals surface area contributed by atoms with Crippen molar-refractivity contribution in [3.05, 3.63) is 55.4 Å². The Labute approximate surface area is 260 Å². The molecule has 0 saturated carbocycles. The van der Waals surface area contributed by atoms with Crippen LogP contribution in [0.5, 0.6) is 17.2 Å². The van der Waals surface area contributed by atoms with Gasteiger partial charge in [-0.25, -0.2) is 0 Å². The van der Waals surface area contributed by atoms with E-state index >= 15 is 0 Å². The zero-order chi connectivity index (χ0) is 30.4. The Balaban J connectivity index is 1.36. The van der Waals surface area contributed by atoms with Gasteiger partial charge in [0, 0.05) is 12.0 Å². The van der Waals surface area contributed by atoms with Crippen molar-refractivity contribution in [2.24, 2.45) is 0 Å². The van der Waals surface area contributed by atoms with Crippen molar-refractivity contribution in [1.82, 2.24) is 5.32 Å². The Morgan fingerprint density at radius 3 is 2.60 bits per heavy atom. The molecule has 226 valence electrons. The fourth-order valence-electron chi connectivity index (χ4n) is 5.08. The third-order valence-corrected chi connectivity index (χ3v) is 9.00. The van der Waals surface area contributed by atoms with Crippen molar-refractivity contribution in [2.75, 3.05) is 19.8 Å². The van der Waals surface area contributed by atoms with Crippen LogP contribution in [0.3, 0.4) is 0 Å². The number of hydrogen-bond acceptors (Lipinski definition) is 8. The molecule has 0 bridgehead atoms. The summed E-state index contributed by atoms with van der Waals surface area (Å²) in [4.78, 5) is 35.2. The van der Waals surface area contributed by atoms with Gasteiger partial charge in [0.05, 0.1) is 22.6 Å². The zero-order valence-electron chi connectivity index (χ0n) is 24.8. The van der Waals surface area contributed by atoms with Gasteiger partial charge in [-0.2, -0.15) is 0 Å². The summed E-state index contributed by atoms with van der Waals surface area (Å²) < 4.78 is 24.8. The second kappa shape index (κ2) is 14.0. The minimum Gasteiger partial charge on any atom is -0.493 e. The molecule has 2 amide bonds. The van der Waals surface area contributed by atoms with Crippen LogP contribution >= 0.6 is 27.7 Å². The topological polar surface area (TPSA) is 100 Å². The lowest BCUT2D eigenvalue weighted by Crippen LogP contribution is -2.42. The number of fused-ring (bicyclic) bond motifs is 1. The summed E-state index contributed by atoms with van der Waals surface area (Å²) in [5.74, 6) is 1.99. The molecule has 0 aliphatic carbocycles. The van der Waals surface area contributed by atoms with Crippen molar-refractivity contribution >= 4 is 50.9 Å². The number of benzene rings is 2. The average Bonchev–Trinajstić information content (AvgIpc) is 3.26. The van der Waals surface area contributed by atoms with Crippen LogP contribution in [0.1, 0.15) is 73.8 Å². The average molecular weight is 661 g/mol. The fourth-order valence-corrected chi connectivity index (χ4v) is 6.28. The molecule has 42 heavy (non-hydrogen) atoms. The maximum absolute atomic E-state index is 11.9. The molecule has 2 aliphatic heterocycles. The van der Waals surface area contributed by atoms with Gasteiger partial charge in [-0.05, 0) is 135 Å². The van der Waals surface area contributed by atoms with Gasteiger partial charge < -0.3 is 18.9 Å². The van der Waals surface area contributed by atoms with E-state index in [1.165, 1.54) is 5.56 Å². The highest BCUT2D eigenvalue weighted by Gasteiger charge is 2.36. The van der Waals surface area contributed by atoms with E-state index in [9.17, 15) is 14.4 Å². The van der Waals surface area contributed by atoms with Crippen molar-refractivity contribution in [1.29, 1.82) is 0 Å². The van der Waals surface area contributed by atoms with E-state index in [4.69, 9.17) is 18.9 Å². The summed E-state index contributed by atoms with van der Waals surface area (Å²) in [6, 6.07) is 5.55. The monoisotopic (exact) mass is 659 g/mol. The molecular weight excluding hydrogens is 622 g/mol. The summed E-state index contributed by atoms with van der Waals surface area (Å²) in [6.45, 7) is 11.5. The molecule has 2 heterocycles. The van der Waals surface area contributed by atoms with E-state index in [0.29, 0.717) is 36.9 Å². The summed E-state index contributed by atoms with van der Waals surface area (Å²) >= 11 is 4.46. The first kappa shape index (κ1) is 31.9. The number of carbonyl (C=O) groups excluding carboxylic acids is 3. The number of rotatable bonds is 12. The van der Waals surface area contributed by atoms with Gasteiger partial charge in [-0.1, -0.05) is 6.07 Å². The molecule has 2 aromatic rings. The van der Waals surface area contributed by atoms with Crippen molar-refractivity contribution in [3.63, 3.8) is 0 Å². The van der Waals surface area contributed by atoms with Crippen molar-refractivity contribution < 1.29 is 33.3 Å². The second-order valence-corrected chi connectivity index (χ2v) is 12.7. The predicted octanol–water partition coefficient (Wildman–Crippen LogP) is 7.36. The van der Waals surface area contributed by atoms with Crippen molar-refractivity contribution in [2.45, 2.75) is 78.7 Å². The molecule has 1 fully saturated rings. The first-order valence-corrected chi connectivity index (χ1v) is 15.9. The quantitative estimate of drug-likeness (QED) is 0.143. The lowest BCUT2D eigenvalue weighted by molar-refractivity contribution is -0.143. The molecule has 0 spiro atoms. The van der Waals surface area contributed by atoms with Gasteiger partial charge in [-0.3, -0.25) is 19.7 Å². The van der Waals surface area contributed by atoms with Gasteiger partial charge in [0.15, 0.2) is 0 Å². The van der Waals surface area contributed by atoms with Gasteiger partial charge in [0.25, 0.3) is 11.1 Å². The largest absolute Gasteiger partial charge is 0.493 e.